The first-order valence-electron chi connectivity index (χ1n) is 5.54. The lowest BCUT2D eigenvalue weighted by Crippen LogP contribution is -2.03. The minimum absolute atomic E-state index is 0.396. The molecule has 0 radical (unpaired) electrons. The highest BCUT2D eigenvalue weighted by molar-refractivity contribution is 9.10. The minimum atomic E-state index is -0.719. The number of hydrogen-bond acceptors (Lipinski definition) is 1. The van der Waals surface area contributed by atoms with Gasteiger partial charge in [0.1, 0.15) is 0 Å². The maximum atomic E-state index is 10.2. The third kappa shape index (κ3) is 3.87. The fraction of sp³-hybridized carbons (Fsp3) is 0.143. The molecule has 0 amide bonds. The van der Waals surface area contributed by atoms with Gasteiger partial charge in [0.05, 0.1) is 6.10 Å². The molecule has 0 fully saturated rings. The molecule has 0 aliphatic carbocycles. The maximum absolute atomic E-state index is 10.2. The quantitative estimate of drug-likeness (QED) is 0.726. The van der Waals surface area contributed by atoms with Crippen LogP contribution in [0.25, 0.3) is 0 Å². The molecule has 0 aliphatic heterocycles. The van der Waals surface area contributed by atoms with Crippen molar-refractivity contribution in [1.82, 2.24) is 0 Å². The smallest absolute Gasteiger partial charge is 0.0845 e. The SMILES string of the molecule is OC(Cc1ccc(Br)cc1Cl)c1ccc(Cl)cc1Cl. The molecule has 0 saturated carbocycles. The van der Waals surface area contributed by atoms with E-state index in [9.17, 15) is 5.11 Å². The maximum Gasteiger partial charge on any atom is 0.0845 e. The van der Waals surface area contributed by atoms with E-state index in [1.165, 1.54) is 0 Å². The van der Waals surface area contributed by atoms with Crippen LogP contribution in [0.5, 0.6) is 0 Å². The van der Waals surface area contributed by atoms with Crippen LogP contribution >= 0.6 is 50.7 Å². The van der Waals surface area contributed by atoms with Crippen LogP contribution in [-0.4, -0.2) is 5.11 Å². The van der Waals surface area contributed by atoms with Crippen LogP contribution in [0.3, 0.4) is 0 Å². The Balaban J connectivity index is 2.23. The van der Waals surface area contributed by atoms with Gasteiger partial charge in [0.2, 0.25) is 0 Å². The molecule has 0 aromatic heterocycles. The zero-order chi connectivity index (χ0) is 14.0. The van der Waals surface area contributed by atoms with Crippen molar-refractivity contribution in [2.24, 2.45) is 0 Å². The molecule has 2 aromatic rings. The normalized spacial score (nSPS) is 12.5. The van der Waals surface area contributed by atoms with Crippen LogP contribution in [0.1, 0.15) is 17.2 Å². The van der Waals surface area contributed by atoms with Crippen molar-refractivity contribution in [1.29, 1.82) is 0 Å². The van der Waals surface area contributed by atoms with E-state index < -0.39 is 6.10 Å². The number of benzene rings is 2. The number of halogens is 4. The molecule has 0 saturated heterocycles. The molecule has 100 valence electrons. The number of rotatable bonds is 3. The van der Waals surface area contributed by atoms with E-state index in [2.05, 4.69) is 15.9 Å². The highest BCUT2D eigenvalue weighted by Crippen LogP contribution is 2.30. The summed E-state index contributed by atoms with van der Waals surface area (Å²) in [6, 6.07) is 10.6. The van der Waals surface area contributed by atoms with E-state index in [1.54, 1.807) is 24.3 Å². The van der Waals surface area contributed by atoms with Gasteiger partial charge in [-0.25, -0.2) is 0 Å². The van der Waals surface area contributed by atoms with Crippen LogP contribution in [0.4, 0.5) is 0 Å². The summed E-state index contributed by atoms with van der Waals surface area (Å²) in [5.41, 5.74) is 1.51. The first kappa shape index (κ1) is 15.1. The van der Waals surface area contributed by atoms with Crippen LogP contribution in [0.15, 0.2) is 40.9 Å². The highest BCUT2D eigenvalue weighted by atomic mass is 79.9. The zero-order valence-electron chi connectivity index (χ0n) is 9.71. The largest absolute Gasteiger partial charge is 0.388 e. The lowest BCUT2D eigenvalue weighted by atomic mass is 10.0. The molecule has 0 spiro atoms. The van der Waals surface area contributed by atoms with Crippen molar-refractivity contribution in [3.8, 4) is 0 Å². The molecular formula is C14H10BrCl3O. The Morgan fingerprint density at radius 3 is 2.37 bits per heavy atom. The molecular weight excluding hydrogens is 370 g/mol. The summed E-state index contributed by atoms with van der Waals surface area (Å²) in [5.74, 6) is 0. The van der Waals surface area contributed by atoms with Gasteiger partial charge in [-0.2, -0.15) is 0 Å². The van der Waals surface area contributed by atoms with Crippen molar-refractivity contribution in [2.45, 2.75) is 12.5 Å². The minimum Gasteiger partial charge on any atom is -0.388 e. The van der Waals surface area contributed by atoms with Gasteiger partial charge in [-0.05, 0) is 35.4 Å². The van der Waals surface area contributed by atoms with Gasteiger partial charge in [0.25, 0.3) is 0 Å². The van der Waals surface area contributed by atoms with Crippen molar-refractivity contribution >= 4 is 50.7 Å². The molecule has 1 nitrogen and oxygen atoms in total. The Bertz CT molecular complexity index is 601. The summed E-state index contributed by atoms with van der Waals surface area (Å²) < 4.78 is 0.903. The standard InChI is InChI=1S/C14H10BrCl3O/c15-9-2-1-8(12(17)6-9)5-14(19)11-4-3-10(16)7-13(11)18/h1-4,6-7,14,19H,5H2. The Morgan fingerprint density at radius 1 is 1.00 bits per heavy atom. The van der Waals surface area contributed by atoms with E-state index in [-0.39, 0.29) is 0 Å². The number of aliphatic hydroxyl groups excluding tert-OH is 1. The van der Waals surface area contributed by atoms with Gasteiger partial charge >= 0.3 is 0 Å². The summed E-state index contributed by atoms with van der Waals surface area (Å²) >= 11 is 21.4. The van der Waals surface area contributed by atoms with E-state index >= 15 is 0 Å². The molecule has 2 aromatic carbocycles. The molecule has 0 bridgehead atoms. The van der Waals surface area contributed by atoms with E-state index in [0.717, 1.165) is 10.0 Å². The third-order valence-electron chi connectivity index (χ3n) is 2.75. The van der Waals surface area contributed by atoms with E-state index in [1.807, 2.05) is 12.1 Å². The van der Waals surface area contributed by atoms with Crippen molar-refractivity contribution < 1.29 is 5.11 Å². The Kier molecular flexibility index (Phi) is 5.15. The average Bonchev–Trinajstić information content (AvgIpc) is 2.32. The summed E-state index contributed by atoms with van der Waals surface area (Å²) in [5, 5.41) is 11.8. The molecule has 0 aliphatic rings. The van der Waals surface area contributed by atoms with Crippen LogP contribution in [0, 0.1) is 0 Å². The van der Waals surface area contributed by atoms with Crippen LogP contribution in [-0.2, 0) is 6.42 Å². The predicted molar refractivity (Wildman–Crippen MR) is 84.3 cm³/mol. The van der Waals surface area contributed by atoms with Gasteiger partial charge in [-0.3, -0.25) is 0 Å². The van der Waals surface area contributed by atoms with E-state index in [4.69, 9.17) is 34.8 Å². The first-order valence-corrected chi connectivity index (χ1v) is 7.47. The summed E-state index contributed by atoms with van der Waals surface area (Å²) in [4.78, 5) is 0. The molecule has 1 atom stereocenters. The van der Waals surface area contributed by atoms with Gasteiger partial charge in [0.15, 0.2) is 0 Å². The lowest BCUT2D eigenvalue weighted by Gasteiger charge is -2.14. The summed E-state index contributed by atoms with van der Waals surface area (Å²) in [7, 11) is 0. The molecule has 2 rings (SSSR count). The Hall–Kier alpha value is -0.250. The number of aliphatic hydroxyl groups is 1. The zero-order valence-corrected chi connectivity index (χ0v) is 13.6. The van der Waals surface area contributed by atoms with Crippen molar-refractivity contribution in [3.05, 3.63) is 67.1 Å². The summed E-state index contributed by atoms with van der Waals surface area (Å²) in [6.45, 7) is 0. The topological polar surface area (TPSA) is 20.2 Å². The molecule has 19 heavy (non-hydrogen) atoms. The predicted octanol–water partition coefficient (Wildman–Crippen LogP) is 5.69. The van der Waals surface area contributed by atoms with Gasteiger partial charge in [0, 0.05) is 26.0 Å². The van der Waals surface area contributed by atoms with E-state index in [0.29, 0.717) is 27.1 Å². The highest BCUT2D eigenvalue weighted by Gasteiger charge is 2.14. The molecule has 5 heteroatoms. The monoisotopic (exact) mass is 378 g/mol. The molecule has 1 N–H and O–H groups in total. The summed E-state index contributed by atoms with van der Waals surface area (Å²) in [6.07, 6.45) is -0.323. The Morgan fingerprint density at radius 2 is 1.74 bits per heavy atom. The van der Waals surface area contributed by atoms with Crippen LogP contribution < -0.4 is 0 Å². The van der Waals surface area contributed by atoms with Crippen LogP contribution in [0.2, 0.25) is 15.1 Å². The van der Waals surface area contributed by atoms with Gasteiger partial charge in [-0.1, -0.05) is 62.9 Å². The fourth-order valence-electron chi connectivity index (χ4n) is 1.78. The second-order valence-electron chi connectivity index (χ2n) is 4.12. The van der Waals surface area contributed by atoms with Crippen molar-refractivity contribution in [2.75, 3.05) is 0 Å². The first-order chi connectivity index (χ1) is 8.97. The third-order valence-corrected chi connectivity index (χ3v) is 4.16. The molecule has 0 heterocycles. The average molecular weight is 380 g/mol. The lowest BCUT2D eigenvalue weighted by molar-refractivity contribution is 0.178. The number of hydrogen-bond donors (Lipinski definition) is 1. The molecule has 1 unspecified atom stereocenters. The Labute approximate surface area is 135 Å². The van der Waals surface area contributed by atoms with Gasteiger partial charge < -0.3 is 5.11 Å². The second kappa shape index (κ2) is 6.47. The second-order valence-corrected chi connectivity index (χ2v) is 6.29. The fourth-order valence-corrected chi connectivity index (χ4v) is 3.06. The van der Waals surface area contributed by atoms with Gasteiger partial charge in [-0.15, -0.1) is 0 Å². The van der Waals surface area contributed by atoms with Crippen molar-refractivity contribution in [3.63, 3.8) is 0 Å².